The van der Waals surface area contributed by atoms with Gasteiger partial charge >= 0.3 is 6.09 Å². The van der Waals surface area contributed by atoms with E-state index in [0.717, 1.165) is 0 Å². The fourth-order valence-electron chi connectivity index (χ4n) is 1.01. The number of rotatable bonds is 3. The number of amidine groups is 1. The van der Waals surface area contributed by atoms with Gasteiger partial charge in [-0.2, -0.15) is 0 Å². The predicted octanol–water partition coefficient (Wildman–Crippen LogP) is 1.00. The molecule has 17 heavy (non-hydrogen) atoms. The van der Waals surface area contributed by atoms with Crippen molar-refractivity contribution in [3.8, 4) is 0 Å². The van der Waals surface area contributed by atoms with E-state index < -0.39 is 12.2 Å². The fraction of sp³-hybridized carbons (Fsp3) is 0.200. The Morgan fingerprint density at radius 2 is 2.12 bits per heavy atom. The normalized spacial score (nSPS) is 13.0. The summed E-state index contributed by atoms with van der Waals surface area (Å²) in [4.78, 5) is 15.1. The predicted molar refractivity (Wildman–Crippen MR) is 63.6 cm³/mol. The smallest absolute Gasteiger partial charge is 0.382 e. The standard InChI is InChI=1S/C10H12ClN3O3/c1-13-10(16)17-14-9(12)8(15)6-2-4-7(11)5-3-6/h2-5,8,15H,1H3,(H2,12,14)(H,13,16). The van der Waals surface area contributed by atoms with Gasteiger partial charge in [0.25, 0.3) is 0 Å². The maximum atomic E-state index is 10.7. The number of benzene rings is 1. The van der Waals surface area contributed by atoms with Crippen LogP contribution in [-0.2, 0) is 4.84 Å². The highest BCUT2D eigenvalue weighted by molar-refractivity contribution is 6.30. The van der Waals surface area contributed by atoms with E-state index in [1.165, 1.54) is 7.05 Å². The van der Waals surface area contributed by atoms with Gasteiger partial charge in [0, 0.05) is 12.1 Å². The van der Waals surface area contributed by atoms with Crippen molar-refractivity contribution in [1.82, 2.24) is 5.32 Å². The highest BCUT2D eigenvalue weighted by atomic mass is 35.5. The molecule has 7 heteroatoms. The average Bonchev–Trinajstić information content (AvgIpc) is 2.35. The van der Waals surface area contributed by atoms with Crippen molar-refractivity contribution in [3.63, 3.8) is 0 Å². The molecule has 0 bridgehead atoms. The molecule has 1 rings (SSSR count). The van der Waals surface area contributed by atoms with Crippen LogP contribution in [0, 0.1) is 0 Å². The van der Waals surface area contributed by atoms with E-state index in [9.17, 15) is 9.90 Å². The number of halogens is 1. The molecule has 0 fully saturated rings. The number of amides is 1. The Kier molecular flexibility index (Phi) is 4.74. The SMILES string of the molecule is CNC(=O)O/N=C(\N)C(O)c1ccc(Cl)cc1. The van der Waals surface area contributed by atoms with Gasteiger partial charge in [-0.25, -0.2) is 4.79 Å². The van der Waals surface area contributed by atoms with Gasteiger partial charge in [-0.15, -0.1) is 0 Å². The molecular formula is C10H12ClN3O3. The summed E-state index contributed by atoms with van der Waals surface area (Å²) in [6, 6.07) is 6.39. The van der Waals surface area contributed by atoms with Crippen LogP contribution >= 0.6 is 11.6 Å². The van der Waals surface area contributed by atoms with Gasteiger partial charge in [0.05, 0.1) is 0 Å². The largest absolute Gasteiger partial charge is 0.433 e. The number of carbonyl (C=O) groups excluding carboxylic acids is 1. The molecule has 0 saturated carbocycles. The van der Waals surface area contributed by atoms with Crippen molar-refractivity contribution in [2.45, 2.75) is 6.10 Å². The first-order chi connectivity index (χ1) is 8.04. The Bertz CT molecular complexity index is 419. The highest BCUT2D eigenvalue weighted by Crippen LogP contribution is 2.16. The first kappa shape index (κ1) is 13.3. The number of hydrogen-bond acceptors (Lipinski definition) is 4. The molecule has 1 aromatic carbocycles. The van der Waals surface area contributed by atoms with Crippen LogP contribution in [0.5, 0.6) is 0 Å². The van der Waals surface area contributed by atoms with Crippen molar-refractivity contribution in [2.75, 3.05) is 7.05 Å². The fourth-order valence-corrected chi connectivity index (χ4v) is 1.13. The van der Waals surface area contributed by atoms with Crippen LogP contribution in [0.25, 0.3) is 0 Å². The number of nitrogens with two attached hydrogens (primary N) is 1. The van der Waals surface area contributed by atoms with Gasteiger partial charge < -0.3 is 16.2 Å². The zero-order chi connectivity index (χ0) is 12.8. The lowest BCUT2D eigenvalue weighted by Gasteiger charge is -2.09. The Hall–Kier alpha value is -1.79. The zero-order valence-electron chi connectivity index (χ0n) is 9.05. The second-order valence-electron chi connectivity index (χ2n) is 3.10. The molecule has 0 aliphatic carbocycles. The van der Waals surface area contributed by atoms with Crippen molar-refractivity contribution in [2.24, 2.45) is 10.9 Å². The second-order valence-corrected chi connectivity index (χ2v) is 3.54. The molecule has 0 radical (unpaired) electrons. The number of oxime groups is 1. The monoisotopic (exact) mass is 257 g/mol. The van der Waals surface area contributed by atoms with Crippen LogP contribution in [0.3, 0.4) is 0 Å². The maximum absolute atomic E-state index is 10.7. The van der Waals surface area contributed by atoms with E-state index >= 15 is 0 Å². The first-order valence-corrected chi connectivity index (χ1v) is 5.08. The molecule has 0 saturated heterocycles. The van der Waals surface area contributed by atoms with Crippen molar-refractivity contribution >= 4 is 23.5 Å². The van der Waals surface area contributed by atoms with E-state index in [4.69, 9.17) is 17.3 Å². The average molecular weight is 258 g/mol. The van der Waals surface area contributed by atoms with Crippen molar-refractivity contribution in [1.29, 1.82) is 0 Å². The van der Waals surface area contributed by atoms with Gasteiger partial charge in [0.2, 0.25) is 0 Å². The van der Waals surface area contributed by atoms with Crippen LogP contribution in [-0.4, -0.2) is 24.1 Å². The van der Waals surface area contributed by atoms with Crippen LogP contribution in [0.15, 0.2) is 29.4 Å². The van der Waals surface area contributed by atoms with Gasteiger partial charge in [-0.1, -0.05) is 28.9 Å². The summed E-state index contributed by atoms with van der Waals surface area (Å²) in [7, 11) is 1.38. The Morgan fingerprint density at radius 1 is 1.53 bits per heavy atom. The van der Waals surface area contributed by atoms with Crippen LogP contribution in [0.1, 0.15) is 11.7 Å². The Labute approximate surface area is 103 Å². The van der Waals surface area contributed by atoms with E-state index in [1.807, 2.05) is 0 Å². The molecule has 1 unspecified atom stereocenters. The Balaban J connectivity index is 2.72. The molecule has 4 N–H and O–H groups in total. The van der Waals surface area contributed by atoms with Gasteiger partial charge in [0.1, 0.15) is 6.10 Å². The van der Waals surface area contributed by atoms with Crippen molar-refractivity contribution in [3.05, 3.63) is 34.9 Å². The lowest BCUT2D eigenvalue weighted by molar-refractivity contribution is 0.149. The van der Waals surface area contributed by atoms with E-state index in [1.54, 1.807) is 24.3 Å². The lowest BCUT2D eigenvalue weighted by Crippen LogP contribution is -2.24. The summed E-state index contributed by atoms with van der Waals surface area (Å²) >= 11 is 5.70. The summed E-state index contributed by atoms with van der Waals surface area (Å²) in [5, 5.41) is 15.8. The summed E-state index contributed by atoms with van der Waals surface area (Å²) in [6.45, 7) is 0. The molecule has 0 heterocycles. The number of nitrogens with zero attached hydrogens (tertiary/aromatic N) is 1. The quantitative estimate of drug-likeness (QED) is 0.326. The third-order valence-electron chi connectivity index (χ3n) is 1.90. The number of aliphatic hydroxyl groups excluding tert-OH is 1. The number of carbonyl (C=O) groups is 1. The summed E-state index contributed by atoms with van der Waals surface area (Å²) in [5.74, 6) is -0.226. The third-order valence-corrected chi connectivity index (χ3v) is 2.16. The van der Waals surface area contributed by atoms with Crippen LogP contribution in [0.2, 0.25) is 5.02 Å². The highest BCUT2D eigenvalue weighted by Gasteiger charge is 2.13. The molecule has 1 aromatic rings. The minimum Gasteiger partial charge on any atom is -0.382 e. The minimum atomic E-state index is -1.16. The van der Waals surface area contributed by atoms with Crippen LogP contribution in [0.4, 0.5) is 4.79 Å². The number of hydrogen-bond donors (Lipinski definition) is 3. The number of aliphatic hydroxyl groups is 1. The van der Waals surface area contributed by atoms with Gasteiger partial charge in [-0.05, 0) is 17.7 Å². The number of nitrogens with one attached hydrogen (secondary N) is 1. The molecule has 6 nitrogen and oxygen atoms in total. The van der Waals surface area contributed by atoms with Crippen LogP contribution < -0.4 is 11.1 Å². The van der Waals surface area contributed by atoms with E-state index in [0.29, 0.717) is 10.6 Å². The molecule has 1 atom stereocenters. The summed E-state index contributed by atoms with van der Waals surface area (Å²) in [6.07, 6.45) is -1.92. The Morgan fingerprint density at radius 3 is 2.65 bits per heavy atom. The molecule has 0 aliphatic heterocycles. The minimum absolute atomic E-state index is 0.226. The van der Waals surface area contributed by atoms with Gasteiger partial charge in [0.15, 0.2) is 5.84 Å². The molecular weight excluding hydrogens is 246 g/mol. The molecule has 0 spiro atoms. The lowest BCUT2D eigenvalue weighted by atomic mass is 10.1. The van der Waals surface area contributed by atoms with E-state index in [2.05, 4.69) is 15.3 Å². The molecule has 1 amide bonds. The second kappa shape index (κ2) is 6.07. The van der Waals surface area contributed by atoms with Gasteiger partial charge in [-0.3, -0.25) is 4.84 Å². The maximum Gasteiger partial charge on any atom is 0.433 e. The molecule has 0 aromatic heterocycles. The summed E-state index contributed by atoms with van der Waals surface area (Å²) in [5.41, 5.74) is 5.95. The first-order valence-electron chi connectivity index (χ1n) is 4.70. The summed E-state index contributed by atoms with van der Waals surface area (Å²) < 4.78 is 0. The molecule has 92 valence electrons. The zero-order valence-corrected chi connectivity index (χ0v) is 9.81. The molecule has 0 aliphatic rings. The van der Waals surface area contributed by atoms with E-state index in [-0.39, 0.29) is 5.84 Å². The van der Waals surface area contributed by atoms with Crippen molar-refractivity contribution < 1.29 is 14.7 Å². The third kappa shape index (κ3) is 3.93. The topological polar surface area (TPSA) is 96.9 Å².